The lowest BCUT2D eigenvalue weighted by molar-refractivity contribution is 0.406. The van der Waals surface area contributed by atoms with Crippen molar-refractivity contribution in [1.29, 1.82) is 0 Å². The van der Waals surface area contributed by atoms with E-state index in [-0.39, 0.29) is 5.82 Å². The van der Waals surface area contributed by atoms with Crippen molar-refractivity contribution >= 4 is 5.69 Å². The maximum Gasteiger partial charge on any atom is 0.123 e. The van der Waals surface area contributed by atoms with Gasteiger partial charge < -0.3 is 9.80 Å². The summed E-state index contributed by atoms with van der Waals surface area (Å²) in [5, 5.41) is 0. The maximum atomic E-state index is 12.7. The van der Waals surface area contributed by atoms with E-state index in [0.717, 1.165) is 25.3 Å². The first kappa shape index (κ1) is 10.0. The second-order valence-corrected chi connectivity index (χ2v) is 3.70. The van der Waals surface area contributed by atoms with Crippen LogP contribution in [0.5, 0.6) is 0 Å². The molecule has 2 rings (SSSR count). The second kappa shape index (κ2) is 4.34. The van der Waals surface area contributed by atoms with E-state index in [0.29, 0.717) is 0 Å². The molecular weight excluding hydrogens is 191 g/mol. The lowest BCUT2D eigenvalue weighted by Gasteiger charge is -2.20. The summed E-state index contributed by atoms with van der Waals surface area (Å²) in [5.41, 5.74) is 1.03. The van der Waals surface area contributed by atoms with Crippen LogP contribution in [0.15, 0.2) is 36.7 Å². The van der Waals surface area contributed by atoms with E-state index in [2.05, 4.69) is 22.9 Å². The predicted molar refractivity (Wildman–Crippen MR) is 59.9 cm³/mol. The molecule has 3 heteroatoms. The van der Waals surface area contributed by atoms with Gasteiger partial charge in [-0.3, -0.25) is 0 Å². The van der Waals surface area contributed by atoms with E-state index in [1.807, 2.05) is 6.20 Å². The Balaban J connectivity index is 2.02. The summed E-state index contributed by atoms with van der Waals surface area (Å²) < 4.78 is 12.7. The Hall–Kier alpha value is -1.51. The summed E-state index contributed by atoms with van der Waals surface area (Å²) in [6, 6.07) is 6.58. The number of hydrogen-bond acceptors (Lipinski definition) is 2. The summed E-state index contributed by atoms with van der Waals surface area (Å²) in [6.45, 7) is 4.09. The van der Waals surface area contributed by atoms with Crippen molar-refractivity contribution in [3.8, 4) is 0 Å². The minimum atomic E-state index is -0.188. The Bertz CT molecular complexity index is 345. The molecule has 15 heavy (non-hydrogen) atoms. The van der Waals surface area contributed by atoms with Gasteiger partial charge in [-0.05, 0) is 30.7 Å². The molecule has 0 saturated carbocycles. The first-order valence-corrected chi connectivity index (χ1v) is 5.24. The van der Waals surface area contributed by atoms with Gasteiger partial charge in [-0.2, -0.15) is 0 Å². The highest BCUT2D eigenvalue weighted by atomic mass is 19.1. The SMILES string of the molecule is CCCN1C=CN(c2ccc(F)cc2)C1. The van der Waals surface area contributed by atoms with Crippen molar-refractivity contribution < 1.29 is 4.39 Å². The topological polar surface area (TPSA) is 6.48 Å². The maximum absolute atomic E-state index is 12.7. The molecule has 1 aromatic rings. The van der Waals surface area contributed by atoms with Crippen molar-refractivity contribution in [2.45, 2.75) is 13.3 Å². The molecule has 0 fully saturated rings. The molecular formula is C12H15FN2. The van der Waals surface area contributed by atoms with Crippen LogP contribution in [-0.4, -0.2) is 18.1 Å². The Morgan fingerprint density at radius 1 is 1.20 bits per heavy atom. The molecule has 0 unspecified atom stereocenters. The summed E-state index contributed by atoms with van der Waals surface area (Å²) >= 11 is 0. The van der Waals surface area contributed by atoms with Crippen molar-refractivity contribution in [1.82, 2.24) is 4.90 Å². The van der Waals surface area contributed by atoms with E-state index in [9.17, 15) is 4.39 Å². The molecule has 0 aliphatic carbocycles. The van der Waals surface area contributed by atoms with Gasteiger partial charge in [0.25, 0.3) is 0 Å². The van der Waals surface area contributed by atoms with Crippen LogP contribution in [0.2, 0.25) is 0 Å². The fourth-order valence-corrected chi connectivity index (χ4v) is 1.70. The van der Waals surface area contributed by atoms with Crippen LogP contribution in [0.4, 0.5) is 10.1 Å². The summed E-state index contributed by atoms with van der Waals surface area (Å²) in [4.78, 5) is 4.35. The van der Waals surface area contributed by atoms with Gasteiger partial charge in [-0.1, -0.05) is 6.92 Å². The normalized spacial score (nSPS) is 15.1. The fourth-order valence-electron chi connectivity index (χ4n) is 1.70. The molecule has 0 amide bonds. The first-order chi connectivity index (χ1) is 7.29. The number of rotatable bonds is 3. The summed E-state index contributed by atoms with van der Waals surface area (Å²) in [5.74, 6) is -0.188. The number of benzene rings is 1. The molecule has 0 aromatic heterocycles. The first-order valence-electron chi connectivity index (χ1n) is 5.24. The zero-order valence-electron chi connectivity index (χ0n) is 8.86. The van der Waals surface area contributed by atoms with Crippen molar-refractivity contribution in [2.24, 2.45) is 0 Å². The predicted octanol–water partition coefficient (Wildman–Crippen LogP) is 2.79. The number of hydrogen-bond donors (Lipinski definition) is 0. The van der Waals surface area contributed by atoms with E-state index in [1.165, 1.54) is 12.1 Å². The Labute approximate surface area is 89.6 Å². The van der Waals surface area contributed by atoms with Crippen molar-refractivity contribution in [3.05, 3.63) is 42.5 Å². The molecule has 1 heterocycles. The van der Waals surface area contributed by atoms with Crippen LogP contribution in [0.1, 0.15) is 13.3 Å². The van der Waals surface area contributed by atoms with Gasteiger partial charge >= 0.3 is 0 Å². The fraction of sp³-hybridized carbons (Fsp3) is 0.333. The lowest BCUT2D eigenvalue weighted by Crippen LogP contribution is -2.25. The average Bonchev–Trinajstić information content (AvgIpc) is 2.68. The molecule has 1 aliphatic heterocycles. The third-order valence-corrected chi connectivity index (χ3v) is 2.46. The molecule has 1 aromatic carbocycles. The van der Waals surface area contributed by atoms with Crippen LogP contribution in [-0.2, 0) is 0 Å². The van der Waals surface area contributed by atoms with Crippen LogP contribution in [0.3, 0.4) is 0 Å². The van der Waals surface area contributed by atoms with Gasteiger partial charge in [-0.15, -0.1) is 0 Å². The van der Waals surface area contributed by atoms with Crippen LogP contribution in [0.25, 0.3) is 0 Å². The number of nitrogens with zero attached hydrogens (tertiary/aromatic N) is 2. The van der Waals surface area contributed by atoms with Gasteiger partial charge in [-0.25, -0.2) is 4.39 Å². The molecule has 0 bridgehead atoms. The monoisotopic (exact) mass is 206 g/mol. The molecule has 80 valence electrons. The lowest BCUT2D eigenvalue weighted by atomic mass is 10.3. The average molecular weight is 206 g/mol. The van der Waals surface area contributed by atoms with Crippen molar-refractivity contribution in [3.63, 3.8) is 0 Å². The van der Waals surface area contributed by atoms with Gasteiger partial charge in [0.05, 0.1) is 6.67 Å². The zero-order valence-corrected chi connectivity index (χ0v) is 8.86. The van der Waals surface area contributed by atoms with Gasteiger partial charge in [0, 0.05) is 24.6 Å². The highest BCUT2D eigenvalue weighted by Gasteiger charge is 2.12. The Morgan fingerprint density at radius 2 is 1.93 bits per heavy atom. The molecule has 0 saturated heterocycles. The molecule has 0 spiro atoms. The minimum absolute atomic E-state index is 0.188. The molecule has 0 N–H and O–H groups in total. The quantitative estimate of drug-likeness (QED) is 0.750. The van der Waals surface area contributed by atoms with Crippen LogP contribution < -0.4 is 4.90 Å². The van der Waals surface area contributed by atoms with Gasteiger partial charge in [0.15, 0.2) is 0 Å². The molecule has 0 atom stereocenters. The highest BCUT2D eigenvalue weighted by Crippen LogP contribution is 2.19. The van der Waals surface area contributed by atoms with Crippen molar-refractivity contribution in [2.75, 3.05) is 18.1 Å². The number of halogens is 1. The van der Waals surface area contributed by atoms with E-state index in [4.69, 9.17) is 0 Å². The molecule has 2 nitrogen and oxygen atoms in total. The summed E-state index contributed by atoms with van der Waals surface area (Å²) in [7, 11) is 0. The largest absolute Gasteiger partial charge is 0.358 e. The standard InChI is InChI=1S/C12H15FN2/c1-2-7-14-8-9-15(10-14)12-5-3-11(13)4-6-12/h3-6,8-9H,2,7,10H2,1H3. The smallest absolute Gasteiger partial charge is 0.123 e. The molecule has 0 radical (unpaired) electrons. The zero-order chi connectivity index (χ0) is 10.7. The third-order valence-electron chi connectivity index (χ3n) is 2.46. The minimum Gasteiger partial charge on any atom is -0.358 e. The van der Waals surface area contributed by atoms with E-state index >= 15 is 0 Å². The summed E-state index contributed by atoms with van der Waals surface area (Å²) in [6.07, 6.45) is 5.25. The van der Waals surface area contributed by atoms with E-state index < -0.39 is 0 Å². The second-order valence-electron chi connectivity index (χ2n) is 3.70. The Morgan fingerprint density at radius 3 is 2.60 bits per heavy atom. The van der Waals surface area contributed by atoms with Crippen LogP contribution in [0, 0.1) is 5.82 Å². The van der Waals surface area contributed by atoms with E-state index in [1.54, 1.807) is 12.1 Å². The van der Waals surface area contributed by atoms with Gasteiger partial charge in [0.1, 0.15) is 5.82 Å². The van der Waals surface area contributed by atoms with Gasteiger partial charge in [0.2, 0.25) is 0 Å². The molecule has 1 aliphatic rings. The highest BCUT2D eigenvalue weighted by molar-refractivity contribution is 5.50. The third kappa shape index (κ3) is 2.29. The Kier molecular flexibility index (Phi) is 2.90. The van der Waals surface area contributed by atoms with Crippen LogP contribution >= 0.6 is 0 Å². The number of anilines is 1.